The molecule has 1 aliphatic rings. The first-order chi connectivity index (χ1) is 7.13. The van der Waals surface area contributed by atoms with E-state index in [0.717, 1.165) is 0 Å². The summed E-state index contributed by atoms with van der Waals surface area (Å²) in [6.45, 7) is -0.387. The third-order valence-electron chi connectivity index (χ3n) is 2.39. The van der Waals surface area contributed by atoms with Gasteiger partial charge in [0.1, 0.15) is 30.2 Å². The molecule has 1 fully saturated rings. The minimum Gasteiger partial charge on any atom is -0.493 e. The number of aliphatic hydroxyl groups is 3. The Morgan fingerprint density at radius 3 is 2.60 bits per heavy atom. The van der Waals surface area contributed by atoms with E-state index in [9.17, 15) is 10.2 Å². The van der Waals surface area contributed by atoms with Crippen molar-refractivity contribution in [2.75, 3.05) is 6.61 Å². The maximum absolute atomic E-state index is 9.59. The standard InChI is InChI=1S/C8H12N2O5/c11-2-3-5(13)6(14)7(15-3)8-9-1-4(12)10-8/h1,3,5-7,11-14H,2H2,(H,9,10)/t3-,5-,6-,7-/m1/s1. The lowest BCUT2D eigenvalue weighted by atomic mass is 10.1. The summed E-state index contributed by atoms with van der Waals surface area (Å²) in [5, 5.41) is 36.9. The maximum atomic E-state index is 9.59. The number of hydrogen-bond acceptors (Lipinski definition) is 6. The van der Waals surface area contributed by atoms with E-state index in [0.29, 0.717) is 0 Å². The molecule has 0 unspecified atom stereocenters. The van der Waals surface area contributed by atoms with E-state index >= 15 is 0 Å². The van der Waals surface area contributed by atoms with Crippen LogP contribution in [-0.2, 0) is 4.74 Å². The van der Waals surface area contributed by atoms with E-state index in [1.165, 1.54) is 6.20 Å². The van der Waals surface area contributed by atoms with Crippen LogP contribution in [0.4, 0.5) is 0 Å². The number of nitrogens with one attached hydrogen (secondary N) is 1. The van der Waals surface area contributed by atoms with Crippen LogP contribution in [-0.4, -0.2) is 55.3 Å². The molecule has 0 amide bonds. The fourth-order valence-electron chi connectivity index (χ4n) is 1.60. The summed E-state index contributed by atoms with van der Waals surface area (Å²) in [5.41, 5.74) is 0. The molecule has 4 atom stereocenters. The Bertz CT molecular complexity index is 342. The molecule has 1 aliphatic heterocycles. The van der Waals surface area contributed by atoms with Crippen LogP contribution in [0.1, 0.15) is 11.9 Å². The average molecular weight is 216 g/mol. The number of rotatable bonds is 2. The highest BCUT2D eigenvalue weighted by Crippen LogP contribution is 2.32. The Balaban J connectivity index is 2.18. The second kappa shape index (κ2) is 3.78. The zero-order valence-electron chi connectivity index (χ0n) is 7.74. The normalized spacial score (nSPS) is 35.9. The SMILES string of the molecule is OC[C@H]1O[C@@H](c2ncc(O)[nH]2)[C@H](O)[C@@H]1O. The minimum absolute atomic E-state index is 0.150. The molecule has 0 radical (unpaired) electrons. The molecule has 1 saturated heterocycles. The zero-order valence-corrected chi connectivity index (χ0v) is 7.74. The Morgan fingerprint density at radius 2 is 2.13 bits per heavy atom. The smallest absolute Gasteiger partial charge is 0.208 e. The molecular weight excluding hydrogens is 204 g/mol. The van der Waals surface area contributed by atoms with Crippen molar-refractivity contribution in [3.05, 3.63) is 12.0 Å². The molecule has 15 heavy (non-hydrogen) atoms. The Kier molecular flexibility index (Phi) is 2.61. The van der Waals surface area contributed by atoms with Gasteiger partial charge in [-0.15, -0.1) is 0 Å². The molecule has 0 aromatic carbocycles. The minimum atomic E-state index is -1.17. The van der Waals surface area contributed by atoms with Gasteiger partial charge < -0.3 is 30.1 Å². The molecule has 0 aliphatic carbocycles. The Labute approximate surface area is 85.0 Å². The fourth-order valence-corrected chi connectivity index (χ4v) is 1.60. The molecule has 2 heterocycles. The summed E-state index contributed by atoms with van der Waals surface area (Å²) in [4.78, 5) is 6.25. The maximum Gasteiger partial charge on any atom is 0.208 e. The van der Waals surface area contributed by atoms with Crippen molar-refractivity contribution in [2.45, 2.75) is 24.4 Å². The van der Waals surface area contributed by atoms with Gasteiger partial charge >= 0.3 is 0 Å². The van der Waals surface area contributed by atoms with Crippen molar-refractivity contribution in [1.29, 1.82) is 0 Å². The summed E-state index contributed by atoms with van der Waals surface area (Å²) in [6.07, 6.45) is -2.86. The van der Waals surface area contributed by atoms with Crippen LogP contribution in [0.2, 0.25) is 0 Å². The van der Waals surface area contributed by atoms with Gasteiger partial charge in [0.15, 0.2) is 0 Å². The molecule has 2 rings (SSSR count). The van der Waals surface area contributed by atoms with Gasteiger partial charge in [-0.2, -0.15) is 0 Å². The first kappa shape index (κ1) is 10.4. The summed E-state index contributed by atoms with van der Waals surface area (Å²) >= 11 is 0. The number of nitrogens with zero attached hydrogens (tertiary/aromatic N) is 1. The average Bonchev–Trinajstić information content (AvgIpc) is 2.74. The van der Waals surface area contributed by atoms with Crippen LogP contribution in [0.3, 0.4) is 0 Å². The van der Waals surface area contributed by atoms with Crippen molar-refractivity contribution in [1.82, 2.24) is 9.97 Å². The van der Waals surface area contributed by atoms with Gasteiger partial charge in [-0.3, -0.25) is 0 Å². The molecule has 0 bridgehead atoms. The van der Waals surface area contributed by atoms with E-state index < -0.39 is 24.4 Å². The number of aromatic amines is 1. The van der Waals surface area contributed by atoms with Crippen LogP contribution >= 0.6 is 0 Å². The van der Waals surface area contributed by atoms with E-state index in [4.69, 9.17) is 14.9 Å². The molecule has 5 N–H and O–H groups in total. The van der Waals surface area contributed by atoms with Crippen molar-refractivity contribution in [2.24, 2.45) is 0 Å². The summed E-state index contributed by atoms with van der Waals surface area (Å²) < 4.78 is 5.18. The lowest BCUT2D eigenvalue weighted by molar-refractivity contribution is -0.0251. The summed E-state index contributed by atoms with van der Waals surface area (Å²) in [5.74, 6) is 0.0674. The lowest BCUT2D eigenvalue weighted by Crippen LogP contribution is -2.32. The quantitative estimate of drug-likeness (QED) is 0.401. The van der Waals surface area contributed by atoms with Crippen LogP contribution < -0.4 is 0 Å². The molecule has 7 nitrogen and oxygen atoms in total. The second-order valence-electron chi connectivity index (χ2n) is 3.41. The molecule has 0 spiro atoms. The molecule has 84 valence electrons. The lowest BCUT2D eigenvalue weighted by Gasteiger charge is -2.11. The summed E-state index contributed by atoms with van der Waals surface area (Å²) in [6, 6.07) is 0. The molecule has 0 saturated carbocycles. The number of ether oxygens (including phenoxy) is 1. The molecule has 7 heteroatoms. The van der Waals surface area contributed by atoms with E-state index in [-0.39, 0.29) is 18.3 Å². The number of aromatic nitrogens is 2. The van der Waals surface area contributed by atoms with Gasteiger partial charge in [-0.05, 0) is 0 Å². The van der Waals surface area contributed by atoms with E-state index in [1.807, 2.05) is 0 Å². The van der Waals surface area contributed by atoms with Gasteiger partial charge in [0.05, 0.1) is 12.8 Å². The van der Waals surface area contributed by atoms with Crippen molar-refractivity contribution in [3.8, 4) is 5.88 Å². The van der Waals surface area contributed by atoms with Gasteiger partial charge in [0.2, 0.25) is 5.88 Å². The monoisotopic (exact) mass is 216 g/mol. The van der Waals surface area contributed by atoms with Crippen LogP contribution in [0, 0.1) is 0 Å². The third kappa shape index (κ3) is 1.70. The van der Waals surface area contributed by atoms with Gasteiger partial charge in [-0.25, -0.2) is 4.98 Å². The van der Waals surface area contributed by atoms with E-state index in [1.54, 1.807) is 0 Å². The summed E-state index contributed by atoms with van der Waals surface area (Å²) in [7, 11) is 0. The van der Waals surface area contributed by atoms with Crippen LogP contribution in [0.25, 0.3) is 0 Å². The molecule has 1 aromatic heterocycles. The first-order valence-corrected chi connectivity index (χ1v) is 4.50. The van der Waals surface area contributed by atoms with Gasteiger partial charge in [-0.1, -0.05) is 0 Å². The predicted molar refractivity (Wildman–Crippen MR) is 47.0 cm³/mol. The van der Waals surface area contributed by atoms with Crippen molar-refractivity contribution < 1.29 is 25.2 Å². The number of H-pyrrole nitrogens is 1. The fraction of sp³-hybridized carbons (Fsp3) is 0.625. The third-order valence-corrected chi connectivity index (χ3v) is 2.39. The van der Waals surface area contributed by atoms with Gasteiger partial charge in [0.25, 0.3) is 0 Å². The van der Waals surface area contributed by atoms with Crippen molar-refractivity contribution in [3.63, 3.8) is 0 Å². The number of aromatic hydroxyl groups is 1. The largest absolute Gasteiger partial charge is 0.493 e. The highest BCUT2D eigenvalue weighted by Gasteiger charge is 2.44. The number of imidazole rings is 1. The second-order valence-corrected chi connectivity index (χ2v) is 3.41. The highest BCUT2D eigenvalue weighted by atomic mass is 16.6. The van der Waals surface area contributed by atoms with Crippen LogP contribution in [0.5, 0.6) is 5.88 Å². The number of hydrogen-bond donors (Lipinski definition) is 5. The Morgan fingerprint density at radius 1 is 1.40 bits per heavy atom. The highest BCUT2D eigenvalue weighted by molar-refractivity contribution is 5.10. The van der Waals surface area contributed by atoms with Crippen LogP contribution in [0.15, 0.2) is 6.20 Å². The number of aliphatic hydroxyl groups excluding tert-OH is 3. The van der Waals surface area contributed by atoms with Crippen molar-refractivity contribution >= 4 is 0 Å². The van der Waals surface area contributed by atoms with E-state index in [2.05, 4.69) is 9.97 Å². The Hall–Kier alpha value is -1.15. The zero-order chi connectivity index (χ0) is 11.0. The predicted octanol–water partition coefficient (Wildman–Crippen LogP) is -1.73. The molecular formula is C8H12N2O5. The molecule has 1 aromatic rings. The topological polar surface area (TPSA) is 119 Å². The van der Waals surface area contributed by atoms with Gasteiger partial charge in [0, 0.05) is 0 Å². The first-order valence-electron chi connectivity index (χ1n) is 4.50.